The van der Waals surface area contributed by atoms with E-state index >= 15 is 0 Å². The molecule has 31 heteroatoms. The summed E-state index contributed by atoms with van der Waals surface area (Å²) in [5.41, 5.74) is 1.99. The van der Waals surface area contributed by atoms with Crippen LogP contribution in [0.2, 0.25) is 5.28 Å². The Morgan fingerprint density at radius 1 is 0.731 bits per heavy atom. The zero-order chi connectivity index (χ0) is 39.2. The van der Waals surface area contributed by atoms with Gasteiger partial charge < -0.3 is 21.5 Å². The van der Waals surface area contributed by atoms with Crippen molar-refractivity contribution in [2.24, 2.45) is 10.2 Å². The number of nitrogens with one attached hydrogen (secondary N) is 2. The number of halogens is 1. The number of nitrogens with two attached hydrogens (primary N) is 1. The number of nitrogen functional groups attached to an aromatic ring is 1. The van der Waals surface area contributed by atoms with Gasteiger partial charge in [-0.1, -0.05) is 0 Å². The van der Waals surface area contributed by atoms with E-state index in [9.17, 15) is 65.4 Å². The first-order valence-electron chi connectivity index (χ1n) is 12.8. The minimum Gasteiger partial charge on any atom is -0.507 e. The van der Waals surface area contributed by atoms with Crippen molar-refractivity contribution in [3.05, 3.63) is 35.6 Å². The van der Waals surface area contributed by atoms with Crippen LogP contribution in [-0.4, -0.2) is 98.1 Å². The van der Waals surface area contributed by atoms with Crippen LogP contribution in [0, 0.1) is 0 Å². The van der Waals surface area contributed by atoms with E-state index in [-0.39, 0.29) is 6.54 Å². The highest BCUT2D eigenvalue weighted by atomic mass is 35.5. The smallest absolute Gasteiger partial charge is 0.397 e. The number of aromatic hydroxyl groups is 1. The summed E-state index contributed by atoms with van der Waals surface area (Å²) < 4.78 is 170. The van der Waals surface area contributed by atoms with Crippen molar-refractivity contribution < 1.29 is 74.1 Å². The van der Waals surface area contributed by atoms with E-state index in [1.807, 2.05) is 0 Å². The maximum absolute atomic E-state index is 12.4. The molecular formula is C21H19ClN8O17S5. The van der Waals surface area contributed by atoms with Crippen LogP contribution in [0.3, 0.4) is 0 Å². The predicted octanol–water partition coefficient (Wildman–Crippen LogP) is 1.34. The molecule has 0 radical (unpaired) electrons. The Morgan fingerprint density at radius 2 is 1.33 bits per heavy atom. The Labute approximate surface area is 296 Å². The molecule has 4 aromatic rings. The molecule has 0 aliphatic rings. The summed E-state index contributed by atoms with van der Waals surface area (Å²) in [5, 5.41) is 20.5. The lowest BCUT2D eigenvalue weighted by atomic mass is 10.1. The van der Waals surface area contributed by atoms with Gasteiger partial charge in [-0.3, -0.25) is 22.8 Å². The summed E-state index contributed by atoms with van der Waals surface area (Å²) >= 11 is 5.83. The number of fused-ring (bicyclic) bond motifs is 1. The number of azo groups is 1. The summed E-state index contributed by atoms with van der Waals surface area (Å²) in [6.07, 6.45) is 0. The Kier molecular flexibility index (Phi) is 11.0. The lowest BCUT2D eigenvalue weighted by Gasteiger charge is -2.14. The first-order valence-corrected chi connectivity index (χ1v) is 20.3. The third-order valence-corrected chi connectivity index (χ3v) is 10.2. The van der Waals surface area contributed by atoms with Crippen LogP contribution in [0.25, 0.3) is 10.8 Å². The quantitative estimate of drug-likeness (QED) is 0.0396. The third kappa shape index (κ3) is 9.69. The molecule has 1 aromatic heterocycles. The predicted molar refractivity (Wildman–Crippen MR) is 174 cm³/mol. The van der Waals surface area contributed by atoms with E-state index in [4.69, 9.17) is 21.9 Å². The highest BCUT2D eigenvalue weighted by molar-refractivity contribution is 7.87. The van der Waals surface area contributed by atoms with Crippen molar-refractivity contribution in [1.82, 2.24) is 15.0 Å². The zero-order valence-electron chi connectivity index (χ0n) is 24.7. The van der Waals surface area contributed by atoms with Gasteiger partial charge in [0, 0.05) is 12.6 Å². The van der Waals surface area contributed by atoms with Crippen molar-refractivity contribution in [2.75, 3.05) is 29.5 Å². The zero-order valence-corrected chi connectivity index (χ0v) is 29.5. The van der Waals surface area contributed by atoms with Gasteiger partial charge in [-0.15, -0.1) is 10.2 Å². The van der Waals surface area contributed by atoms with Gasteiger partial charge in [-0.05, 0) is 41.3 Å². The Hall–Kier alpha value is -4.47. The lowest BCUT2D eigenvalue weighted by molar-refractivity contribution is 0.278. The lowest BCUT2D eigenvalue weighted by Crippen LogP contribution is -2.15. The van der Waals surface area contributed by atoms with E-state index in [0.29, 0.717) is 30.3 Å². The van der Waals surface area contributed by atoms with Gasteiger partial charge in [0.05, 0.1) is 28.3 Å². The average Bonchev–Trinajstić information content (AvgIpc) is 2.96. The van der Waals surface area contributed by atoms with Gasteiger partial charge in [0.1, 0.15) is 31.8 Å². The Balaban J connectivity index is 1.91. The third-order valence-electron chi connectivity index (χ3n) is 6.09. The number of nitrogens with zero attached hydrogens (tertiary/aromatic N) is 5. The first-order chi connectivity index (χ1) is 23.6. The molecule has 4 rings (SSSR count). The van der Waals surface area contributed by atoms with Crippen LogP contribution >= 0.6 is 11.6 Å². The van der Waals surface area contributed by atoms with Crippen LogP contribution in [0.15, 0.2) is 60.1 Å². The minimum absolute atomic E-state index is 0.320. The first kappa shape index (κ1) is 40.3. The van der Waals surface area contributed by atoms with Crippen LogP contribution < -0.4 is 16.4 Å². The molecule has 1 heterocycles. The van der Waals surface area contributed by atoms with Crippen LogP contribution in [0.1, 0.15) is 0 Å². The second kappa shape index (κ2) is 14.2. The van der Waals surface area contributed by atoms with Crippen molar-refractivity contribution in [3.63, 3.8) is 0 Å². The summed E-state index contributed by atoms with van der Waals surface area (Å²) in [7, 11) is -25.9. The van der Waals surface area contributed by atoms with Gasteiger partial charge in [0.2, 0.25) is 17.2 Å². The molecule has 282 valence electrons. The molecule has 0 spiro atoms. The van der Waals surface area contributed by atoms with Crippen LogP contribution in [0.5, 0.6) is 5.75 Å². The maximum Gasteiger partial charge on any atom is 0.397 e. The van der Waals surface area contributed by atoms with Crippen molar-refractivity contribution in [1.29, 1.82) is 0 Å². The van der Waals surface area contributed by atoms with Crippen molar-refractivity contribution in [2.45, 2.75) is 19.6 Å². The molecule has 10 N–H and O–H groups in total. The number of hydrogen-bond acceptors (Lipinski definition) is 20. The summed E-state index contributed by atoms with van der Waals surface area (Å²) in [4.78, 5) is 6.49. The van der Waals surface area contributed by atoms with E-state index in [0.717, 1.165) is 0 Å². The number of hydrogen-bond donors (Lipinski definition) is 9. The molecule has 25 nitrogen and oxygen atoms in total. The number of anilines is 4. The highest BCUT2D eigenvalue weighted by Gasteiger charge is 2.27. The number of phenolic OH excluding ortho intramolecular Hbond substituents is 1. The van der Waals surface area contributed by atoms with Crippen LogP contribution in [0.4, 0.5) is 34.6 Å². The second-order valence-electron chi connectivity index (χ2n) is 9.65. The number of phenols is 1. The fourth-order valence-corrected chi connectivity index (χ4v) is 7.01. The molecule has 0 aliphatic heterocycles. The van der Waals surface area contributed by atoms with Gasteiger partial charge in [-0.2, -0.15) is 57.0 Å². The standard InChI is InChI=1S/C21H19ClN8O17S5/c22-19-26-20(24-1-2-47-52(44,45)46)28-21(27-19)25-10-6-14(50(38,39)40)11(7-13(10)49(35,36)37)29-30-18-16-8(4-15(17(18)23)51(41,42)43)3-9(5-12(16)31)48(32,33)34/h3-7,31H,1-2,23H2,(H,32,33,34)(H,35,36,37)(H,38,39,40)(H,41,42,43)(H,44,45,46)(H2,24,25,26,27,28). The van der Waals surface area contributed by atoms with Gasteiger partial charge in [-0.25, -0.2) is 4.18 Å². The van der Waals surface area contributed by atoms with Crippen LogP contribution in [-0.2, 0) is 55.1 Å². The van der Waals surface area contributed by atoms with E-state index in [2.05, 4.69) is 40.0 Å². The molecule has 0 unspecified atom stereocenters. The normalized spacial score (nSPS) is 13.1. The van der Waals surface area contributed by atoms with Crippen molar-refractivity contribution in [3.8, 4) is 5.75 Å². The molecule has 0 saturated heterocycles. The molecule has 0 fully saturated rings. The second-order valence-corrected chi connectivity index (χ2v) is 16.7. The Morgan fingerprint density at radius 3 is 1.88 bits per heavy atom. The topological polar surface area (TPSA) is 415 Å². The van der Waals surface area contributed by atoms with E-state index in [1.165, 1.54) is 0 Å². The molecule has 3 aromatic carbocycles. The molecule has 0 saturated carbocycles. The summed E-state index contributed by atoms with van der Waals surface area (Å²) in [6.45, 7) is -1.01. The number of benzene rings is 3. The molecule has 0 bridgehead atoms. The van der Waals surface area contributed by atoms with E-state index < -0.39 is 134 Å². The van der Waals surface area contributed by atoms with E-state index in [1.54, 1.807) is 0 Å². The fraction of sp³-hybridized carbons (Fsp3) is 0.0952. The van der Waals surface area contributed by atoms with Gasteiger partial charge in [0.25, 0.3) is 40.5 Å². The highest BCUT2D eigenvalue weighted by Crippen LogP contribution is 2.44. The molecule has 52 heavy (non-hydrogen) atoms. The summed E-state index contributed by atoms with van der Waals surface area (Å²) in [6, 6.07) is 2.38. The molecular weight excluding hydrogens is 832 g/mol. The summed E-state index contributed by atoms with van der Waals surface area (Å²) in [5.74, 6) is -2.10. The monoisotopic (exact) mass is 850 g/mol. The van der Waals surface area contributed by atoms with Gasteiger partial charge >= 0.3 is 10.4 Å². The number of aromatic nitrogens is 3. The SMILES string of the molecule is Nc1c(S(=O)(=O)O)cc2cc(S(=O)(=O)O)cc(O)c2c1N=Nc1cc(S(=O)(=O)O)c(Nc2nc(Cl)nc(NCCOS(=O)(=O)O)n2)cc1S(=O)(=O)O. The minimum atomic E-state index is -5.43. The average molecular weight is 851 g/mol. The molecule has 0 atom stereocenters. The molecule has 0 amide bonds. The Bertz CT molecular complexity index is 2730. The largest absolute Gasteiger partial charge is 0.507 e. The maximum atomic E-state index is 12.4. The number of rotatable bonds is 13. The molecule has 0 aliphatic carbocycles. The van der Waals surface area contributed by atoms with Crippen molar-refractivity contribution >= 4 is 108 Å². The fourth-order valence-electron chi connectivity index (χ4n) is 4.09. The van der Waals surface area contributed by atoms with Gasteiger partial charge in [0.15, 0.2) is 0 Å².